The van der Waals surface area contributed by atoms with E-state index in [1.54, 1.807) is 13.2 Å². The fourth-order valence-electron chi connectivity index (χ4n) is 4.91. The van der Waals surface area contributed by atoms with Crippen LogP contribution in [0.4, 0.5) is 18.0 Å². The van der Waals surface area contributed by atoms with Gasteiger partial charge in [0.1, 0.15) is 5.54 Å². The highest BCUT2D eigenvalue weighted by atomic mass is 32.2. The highest BCUT2D eigenvalue weighted by Gasteiger charge is 2.45. The molecule has 0 spiro atoms. The lowest BCUT2D eigenvalue weighted by Crippen LogP contribution is -2.33. The van der Waals surface area contributed by atoms with E-state index in [0.29, 0.717) is 38.0 Å². The van der Waals surface area contributed by atoms with Gasteiger partial charge in [-0.1, -0.05) is 6.07 Å². The molecule has 2 aliphatic carbocycles. The van der Waals surface area contributed by atoms with Crippen molar-refractivity contribution >= 4 is 15.9 Å². The van der Waals surface area contributed by atoms with Gasteiger partial charge in [-0.25, -0.2) is 13.2 Å². The summed E-state index contributed by atoms with van der Waals surface area (Å²) in [6.45, 7) is 1.22. The number of nitrogens with one attached hydrogen (secondary N) is 1. The molecule has 218 valence electrons. The number of hydrogen-bond donors (Lipinski definition) is 2. The number of ether oxygens (including phenoxy) is 2. The van der Waals surface area contributed by atoms with Gasteiger partial charge in [0.15, 0.2) is 9.84 Å². The number of aromatic nitrogens is 2. The number of carbonyl (C=O) groups is 1. The van der Waals surface area contributed by atoms with Crippen LogP contribution in [0, 0.1) is 11.3 Å². The monoisotopic (exact) mass is 584 g/mol. The van der Waals surface area contributed by atoms with Crippen LogP contribution in [0.2, 0.25) is 0 Å². The van der Waals surface area contributed by atoms with Gasteiger partial charge in [-0.3, -0.25) is 4.68 Å². The van der Waals surface area contributed by atoms with Crippen molar-refractivity contribution in [2.24, 2.45) is 7.05 Å². The van der Waals surface area contributed by atoms with E-state index >= 15 is 0 Å². The quantitative estimate of drug-likeness (QED) is 0.512. The van der Waals surface area contributed by atoms with E-state index in [9.17, 15) is 26.4 Å². The molecule has 2 N–H and O–H groups in total. The SMILES string of the molecule is Cn1cc(-c2ccc(S(=O)(=O)[C@H]3CC[C@H](OC4CCOCC4)C3)c(C(F)(F)F)c2)cn1.N#CC1(NC(=O)O)CC1. The van der Waals surface area contributed by atoms with E-state index in [1.165, 1.54) is 16.9 Å². The van der Waals surface area contributed by atoms with Crippen molar-refractivity contribution in [3.63, 3.8) is 0 Å². The van der Waals surface area contributed by atoms with Gasteiger partial charge in [0.05, 0.1) is 40.2 Å². The van der Waals surface area contributed by atoms with Crippen molar-refractivity contribution in [1.29, 1.82) is 5.26 Å². The van der Waals surface area contributed by atoms with Gasteiger partial charge in [-0.15, -0.1) is 0 Å². The first-order valence-corrected chi connectivity index (χ1v) is 14.5. The fourth-order valence-corrected chi connectivity index (χ4v) is 6.93. The zero-order chi connectivity index (χ0) is 29.1. The predicted molar refractivity (Wildman–Crippen MR) is 136 cm³/mol. The molecule has 10 nitrogen and oxygen atoms in total. The van der Waals surface area contributed by atoms with Crippen molar-refractivity contribution in [1.82, 2.24) is 15.1 Å². The Morgan fingerprint density at radius 1 is 1.20 bits per heavy atom. The minimum Gasteiger partial charge on any atom is -0.465 e. The molecule has 1 aliphatic heterocycles. The molecule has 1 saturated heterocycles. The van der Waals surface area contributed by atoms with E-state index in [-0.39, 0.29) is 30.6 Å². The highest BCUT2D eigenvalue weighted by Crippen LogP contribution is 2.41. The fraction of sp³-hybridized carbons (Fsp3) is 0.577. The normalized spacial score (nSPS) is 22.6. The average molecular weight is 585 g/mol. The summed E-state index contributed by atoms with van der Waals surface area (Å²) in [5, 5.41) is 21.7. The van der Waals surface area contributed by atoms with Gasteiger partial charge in [-0.05, 0) is 62.6 Å². The molecule has 5 rings (SSSR count). The Morgan fingerprint density at radius 3 is 2.42 bits per heavy atom. The van der Waals surface area contributed by atoms with Crippen molar-refractivity contribution in [2.45, 2.75) is 79.0 Å². The van der Waals surface area contributed by atoms with Crippen LogP contribution in [0.1, 0.15) is 50.5 Å². The number of nitrogens with zero attached hydrogens (tertiary/aromatic N) is 3. The number of amides is 1. The summed E-state index contributed by atoms with van der Waals surface area (Å²) in [5.41, 5.74) is -1.11. The molecule has 3 aliphatic rings. The number of benzene rings is 1. The smallest absolute Gasteiger partial charge is 0.417 e. The number of carboxylic acid groups (broad SMARTS) is 1. The first-order valence-electron chi connectivity index (χ1n) is 12.9. The third-order valence-electron chi connectivity index (χ3n) is 7.27. The molecule has 2 saturated carbocycles. The Bertz CT molecular complexity index is 1360. The first kappa shape index (κ1) is 29.8. The topological polar surface area (TPSA) is 144 Å². The molecule has 1 aromatic heterocycles. The summed E-state index contributed by atoms with van der Waals surface area (Å²) in [5.74, 6) is 0. The molecular formula is C26H31F3N4O6S. The minimum atomic E-state index is -4.79. The molecule has 0 unspecified atom stereocenters. The number of sulfone groups is 1. The number of halogens is 3. The van der Waals surface area contributed by atoms with Gasteiger partial charge in [-0.2, -0.15) is 23.5 Å². The molecule has 1 amide bonds. The third kappa shape index (κ3) is 7.13. The molecule has 2 heterocycles. The van der Waals surface area contributed by atoms with Crippen LogP contribution in [0.25, 0.3) is 11.1 Å². The Balaban J connectivity index is 0.000000350. The summed E-state index contributed by atoms with van der Waals surface area (Å²) >= 11 is 0. The molecule has 2 atom stereocenters. The summed E-state index contributed by atoms with van der Waals surface area (Å²) in [6.07, 6.45) is 0.700. The zero-order valence-corrected chi connectivity index (χ0v) is 22.7. The van der Waals surface area contributed by atoms with Gasteiger partial charge in [0.2, 0.25) is 0 Å². The lowest BCUT2D eigenvalue weighted by Gasteiger charge is -2.26. The second-order valence-corrected chi connectivity index (χ2v) is 12.5. The number of nitriles is 1. The van der Waals surface area contributed by atoms with Crippen LogP contribution >= 0.6 is 0 Å². The second kappa shape index (κ2) is 11.8. The number of alkyl halides is 3. The van der Waals surface area contributed by atoms with E-state index < -0.39 is 43.4 Å². The lowest BCUT2D eigenvalue weighted by atomic mass is 10.1. The summed E-state index contributed by atoms with van der Waals surface area (Å²) in [4.78, 5) is 9.29. The Hall–Kier alpha value is -3.15. The molecule has 1 aromatic carbocycles. The van der Waals surface area contributed by atoms with Gasteiger partial charge >= 0.3 is 12.3 Å². The van der Waals surface area contributed by atoms with Crippen molar-refractivity contribution in [3.05, 3.63) is 36.2 Å². The van der Waals surface area contributed by atoms with Crippen LogP contribution in [0.5, 0.6) is 0 Å². The third-order valence-corrected chi connectivity index (χ3v) is 9.54. The van der Waals surface area contributed by atoms with Crippen LogP contribution in [-0.2, 0) is 32.5 Å². The molecule has 0 radical (unpaired) electrons. The lowest BCUT2D eigenvalue weighted by molar-refractivity contribution is -0.139. The molecule has 0 bridgehead atoms. The highest BCUT2D eigenvalue weighted by molar-refractivity contribution is 7.92. The Morgan fingerprint density at radius 2 is 1.90 bits per heavy atom. The van der Waals surface area contributed by atoms with Crippen molar-refractivity contribution in [3.8, 4) is 17.2 Å². The maximum Gasteiger partial charge on any atom is 0.417 e. The molecule has 2 aromatic rings. The second-order valence-electron chi connectivity index (χ2n) is 10.3. The Kier molecular flexibility index (Phi) is 8.77. The van der Waals surface area contributed by atoms with Gasteiger partial charge < -0.3 is 19.9 Å². The maximum absolute atomic E-state index is 13.8. The van der Waals surface area contributed by atoms with Gasteiger partial charge in [0, 0.05) is 32.0 Å². The summed E-state index contributed by atoms with van der Waals surface area (Å²) in [6, 6.07) is 5.27. The number of aryl methyl sites for hydroxylation is 1. The Labute approximate surface area is 230 Å². The predicted octanol–water partition coefficient (Wildman–Crippen LogP) is 4.31. The molecule has 14 heteroatoms. The van der Waals surface area contributed by atoms with E-state index in [4.69, 9.17) is 19.8 Å². The summed E-state index contributed by atoms with van der Waals surface area (Å²) in [7, 11) is -2.51. The van der Waals surface area contributed by atoms with Crippen LogP contribution < -0.4 is 5.32 Å². The average Bonchev–Trinajstić information content (AvgIpc) is 3.27. The molecular weight excluding hydrogens is 553 g/mol. The van der Waals surface area contributed by atoms with Crippen molar-refractivity contribution < 1.29 is 41.0 Å². The van der Waals surface area contributed by atoms with E-state index in [2.05, 4.69) is 10.4 Å². The summed E-state index contributed by atoms with van der Waals surface area (Å²) < 4.78 is 80.7. The maximum atomic E-state index is 13.8. The van der Waals surface area contributed by atoms with Crippen LogP contribution in [0.3, 0.4) is 0 Å². The van der Waals surface area contributed by atoms with E-state index in [1.807, 2.05) is 6.07 Å². The first-order chi connectivity index (χ1) is 18.8. The zero-order valence-electron chi connectivity index (χ0n) is 21.9. The standard InChI is InChI=1S/C21H25F3N2O4S.C5H6N2O2/c1-26-13-15(12-25-26)14-2-5-20(19(10-14)21(22,23)24)31(27,28)18-4-3-17(11-18)30-16-6-8-29-9-7-16;6-3-5(1-2-5)7-4(8)9/h2,5,10,12-13,16-18H,3-4,6-9,11H2,1H3;7H,1-2H2,(H,8,9)/t17-,18-;/m0./s1. The van der Waals surface area contributed by atoms with E-state index in [0.717, 1.165) is 25.0 Å². The van der Waals surface area contributed by atoms with Crippen LogP contribution in [0.15, 0.2) is 35.5 Å². The molecule has 3 fully saturated rings. The number of hydrogen-bond acceptors (Lipinski definition) is 7. The van der Waals surface area contributed by atoms with Crippen molar-refractivity contribution in [2.75, 3.05) is 13.2 Å². The van der Waals surface area contributed by atoms with Crippen LogP contribution in [-0.4, -0.2) is 65.6 Å². The molecule has 40 heavy (non-hydrogen) atoms. The number of rotatable bonds is 6. The minimum absolute atomic E-state index is 0.0182. The largest absolute Gasteiger partial charge is 0.465 e. The van der Waals surface area contributed by atoms with Gasteiger partial charge in [0.25, 0.3) is 0 Å².